The lowest BCUT2D eigenvalue weighted by atomic mass is 10.1. The third kappa shape index (κ3) is 3.54. The average Bonchev–Trinajstić information content (AvgIpc) is 3.19. The molecule has 0 radical (unpaired) electrons. The molecule has 116 valence electrons. The standard InChI is InChI=1S/C17H22N4O/c1-12-2-4-14(5-3-12)15-10-16(21-20-15)17(22)19-9-7-13-6-8-18-11-13/h2-5,10,13,18H,6-9,11H2,1H3,(H,19,22)(H,20,21). The van der Waals surface area contributed by atoms with Gasteiger partial charge in [0.2, 0.25) is 0 Å². The molecule has 3 rings (SSSR count). The first-order chi connectivity index (χ1) is 10.7. The van der Waals surface area contributed by atoms with Crippen LogP contribution in [0.3, 0.4) is 0 Å². The van der Waals surface area contributed by atoms with Crippen molar-refractivity contribution >= 4 is 5.91 Å². The number of carbonyl (C=O) groups excluding carboxylic acids is 1. The van der Waals surface area contributed by atoms with Crippen LogP contribution in [0.25, 0.3) is 11.3 Å². The van der Waals surface area contributed by atoms with E-state index in [0.29, 0.717) is 18.2 Å². The van der Waals surface area contributed by atoms with E-state index >= 15 is 0 Å². The molecule has 0 saturated carbocycles. The van der Waals surface area contributed by atoms with Gasteiger partial charge in [0.25, 0.3) is 5.91 Å². The zero-order valence-corrected chi connectivity index (χ0v) is 12.9. The number of benzene rings is 1. The van der Waals surface area contributed by atoms with Crippen molar-refractivity contribution in [2.45, 2.75) is 19.8 Å². The molecule has 1 amide bonds. The van der Waals surface area contributed by atoms with Crippen molar-refractivity contribution in [2.75, 3.05) is 19.6 Å². The molecule has 0 bridgehead atoms. The van der Waals surface area contributed by atoms with Gasteiger partial charge in [0.15, 0.2) is 0 Å². The number of carbonyl (C=O) groups is 1. The smallest absolute Gasteiger partial charge is 0.269 e. The number of aromatic nitrogens is 2. The van der Waals surface area contributed by atoms with Gasteiger partial charge in [-0.1, -0.05) is 29.8 Å². The Morgan fingerprint density at radius 3 is 2.91 bits per heavy atom. The zero-order chi connectivity index (χ0) is 15.4. The van der Waals surface area contributed by atoms with E-state index in [-0.39, 0.29) is 5.91 Å². The van der Waals surface area contributed by atoms with Crippen molar-refractivity contribution in [2.24, 2.45) is 5.92 Å². The molecule has 1 fully saturated rings. The second-order valence-electron chi connectivity index (χ2n) is 5.94. The van der Waals surface area contributed by atoms with Crippen molar-refractivity contribution in [3.05, 3.63) is 41.6 Å². The highest BCUT2D eigenvalue weighted by Crippen LogP contribution is 2.18. The fraction of sp³-hybridized carbons (Fsp3) is 0.412. The highest BCUT2D eigenvalue weighted by atomic mass is 16.1. The van der Waals surface area contributed by atoms with Crippen LogP contribution in [0.4, 0.5) is 0 Å². The van der Waals surface area contributed by atoms with Crippen LogP contribution >= 0.6 is 0 Å². The van der Waals surface area contributed by atoms with Gasteiger partial charge in [0, 0.05) is 12.1 Å². The van der Waals surface area contributed by atoms with Gasteiger partial charge in [0.1, 0.15) is 5.69 Å². The summed E-state index contributed by atoms with van der Waals surface area (Å²) in [5, 5.41) is 13.4. The van der Waals surface area contributed by atoms with Gasteiger partial charge in [-0.2, -0.15) is 5.10 Å². The molecule has 1 saturated heterocycles. The Morgan fingerprint density at radius 1 is 1.36 bits per heavy atom. The highest BCUT2D eigenvalue weighted by molar-refractivity contribution is 5.93. The van der Waals surface area contributed by atoms with Gasteiger partial charge < -0.3 is 10.6 Å². The maximum atomic E-state index is 12.1. The predicted octanol–water partition coefficient (Wildman–Crippen LogP) is 2.11. The normalized spacial score (nSPS) is 17.6. The van der Waals surface area contributed by atoms with Crippen LogP contribution in [0.1, 0.15) is 28.9 Å². The number of H-pyrrole nitrogens is 1. The summed E-state index contributed by atoms with van der Waals surface area (Å²) in [5.74, 6) is 0.599. The molecule has 1 unspecified atom stereocenters. The molecule has 22 heavy (non-hydrogen) atoms. The van der Waals surface area contributed by atoms with Crippen LogP contribution in [-0.4, -0.2) is 35.7 Å². The number of nitrogens with one attached hydrogen (secondary N) is 3. The Bertz CT molecular complexity index is 626. The third-order valence-electron chi connectivity index (χ3n) is 4.17. The van der Waals surface area contributed by atoms with Gasteiger partial charge in [-0.15, -0.1) is 0 Å². The lowest BCUT2D eigenvalue weighted by molar-refractivity contribution is 0.0946. The third-order valence-corrected chi connectivity index (χ3v) is 4.17. The van der Waals surface area contributed by atoms with Crippen molar-refractivity contribution in [1.29, 1.82) is 0 Å². The molecule has 1 atom stereocenters. The van der Waals surface area contributed by atoms with E-state index in [0.717, 1.165) is 30.8 Å². The van der Waals surface area contributed by atoms with E-state index < -0.39 is 0 Å². The molecule has 0 aliphatic carbocycles. The molecule has 3 N–H and O–H groups in total. The quantitative estimate of drug-likeness (QED) is 0.792. The molecule has 1 aromatic carbocycles. The molecule has 5 nitrogen and oxygen atoms in total. The SMILES string of the molecule is Cc1ccc(-c2cc(C(=O)NCCC3CCNC3)[nH]n2)cc1. The minimum absolute atomic E-state index is 0.0863. The summed E-state index contributed by atoms with van der Waals surface area (Å²) in [5.41, 5.74) is 3.53. The number of nitrogens with zero attached hydrogens (tertiary/aromatic N) is 1. The van der Waals surface area contributed by atoms with Crippen LogP contribution < -0.4 is 10.6 Å². The van der Waals surface area contributed by atoms with Crippen LogP contribution in [0, 0.1) is 12.8 Å². The zero-order valence-electron chi connectivity index (χ0n) is 12.9. The molecule has 1 aromatic heterocycles. The second kappa shape index (κ2) is 6.75. The molecular weight excluding hydrogens is 276 g/mol. The molecule has 1 aliphatic heterocycles. The summed E-state index contributed by atoms with van der Waals surface area (Å²) >= 11 is 0. The lowest BCUT2D eigenvalue weighted by Crippen LogP contribution is -2.26. The highest BCUT2D eigenvalue weighted by Gasteiger charge is 2.15. The van der Waals surface area contributed by atoms with Crippen molar-refractivity contribution in [3.63, 3.8) is 0 Å². The van der Waals surface area contributed by atoms with Gasteiger partial charge in [-0.3, -0.25) is 9.89 Å². The topological polar surface area (TPSA) is 69.8 Å². The van der Waals surface area contributed by atoms with Crippen LogP contribution in [-0.2, 0) is 0 Å². The van der Waals surface area contributed by atoms with Gasteiger partial charge in [-0.05, 0) is 44.8 Å². The minimum atomic E-state index is -0.0863. The van der Waals surface area contributed by atoms with Crippen LogP contribution in [0.2, 0.25) is 0 Å². The fourth-order valence-electron chi connectivity index (χ4n) is 2.76. The van der Waals surface area contributed by atoms with E-state index in [4.69, 9.17) is 0 Å². The van der Waals surface area contributed by atoms with E-state index in [1.165, 1.54) is 12.0 Å². The first kappa shape index (κ1) is 14.8. The number of aromatic amines is 1. The van der Waals surface area contributed by atoms with Gasteiger partial charge in [-0.25, -0.2) is 0 Å². The molecular formula is C17H22N4O. The van der Waals surface area contributed by atoms with Crippen LogP contribution in [0.5, 0.6) is 0 Å². The van der Waals surface area contributed by atoms with E-state index in [9.17, 15) is 4.79 Å². The lowest BCUT2D eigenvalue weighted by Gasteiger charge is -2.08. The minimum Gasteiger partial charge on any atom is -0.351 e. The van der Waals surface area contributed by atoms with Crippen LogP contribution in [0.15, 0.2) is 30.3 Å². The van der Waals surface area contributed by atoms with Gasteiger partial charge in [0.05, 0.1) is 5.69 Å². The fourth-order valence-corrected chi connectivity index (χ4v) is 2.76. The largest absolute Gasteiger partial charge is 0.351 e. The van der Waals surface area contributed by atoms with Crippen molar-refractivity contribution in [3.8, 4) is 11.3 Å². The number of hydrogen-bond acceptors (Lipinski definition) is 3. The summed E-state index contributed by atoms with van der Waals surface area (Å²) < 4.78 is 0. The Balaban J connectivity index is 1.55. The maximum absolute atomic E-state index is 12.1. The Kier molecular flexibility index (Phi) is 4.53. The number of hydrogen-bond donors (Lipinski definition) is 3. The Hall–Kier alpha value is -2.14. The molecule has 2 heterocycles. The second-order valence-corrected chi connectivity index (χ2v) is 5.94. The Labute approximate surface area is 130 Å². The van der Waals surface area contributed by atoms with E-state index in [1.54, 1.807) is 6.07 Å². The monoisotopic (exact) mass is 298 g/mol. The summed E-state index contributed by atoms with van der Waals surface area (Å²) in [4.78, 5) is 12.1. The first-order valence-corrected chi connectivity index (χ1v) is 7.84. The summed E-state index contributed by atoms with van der Waals surface area (Å²) in [6, 6.07) is 9.91. The average molecular weight is 298 g/mol. The number of aryl methyl sites for hydroxylation is 1. The van der Waals surface area contributed by atoms with E-state index in [2.05, 4.69) is 20.8 Å². The van der Waals surface area contributed by atoms with E-state index in [1.807, 2.05) is 31.2 Å². The first-order valence-electron chi connectivity index (χ1n) is 7.84. The summed E-state index contributed by atoms with van der Waals surface area (Å²) in [6.07, 6.45) is 2.23. The molecule has 0 spiro atoms. The summed E-state index contributed by atoms with van der Waals surface area (Å²) in [7, 11) is 0. The van der Waals surface area contributed by atoms with Gasteiger partial charge >= 0.3 is 0 Å². The molecule has 5 heteroatoms. The predicted molar refractivity (Wildman–Crippen MR) is 86.7 cm³/mol. The van der Waals surface area contributed by atoms with Crippen molar-refractivity contribution < 1.29 is 4.79 Å². The Morgan fingerprint density at radius 2 is 2.18 bits per heavy atom. The number of amides is 1. The maximum Gasteiger partial charge on any atom is 0.269 e. The molecule has 1 aliphatic rings. The van der Waals surface area contributed by atoms with Crippen molar-refractivity contribution in [1.82, 2.24) is 20.8 Å². The summed E-state index contributed by atoms with van der Waals surface area (Å²) in [6.45, 7) is 4.92. The number of rotatable bonds is 5. The molecule has 2 aromatic rings.